The first-order valence-electron chi connectivity index (χ1n) is 6.38. The molecule has 1 unspecified atom stereocenters. The molecule has 0 saturated carbocycles. The molecule has 6 heteroatoms. The van der Waals surface area contributed by atoms with Gasteiger partial charge in [0.05, 0.1) is 5.75 Å². The van der Waals surface area contributed by atoms with Crippen LogP contribution in [0.25, 0.3) is 0 Å². The van der Waals surface area contributed by atoms with E-state index in [9.17, 15) is 8.42 Å². The van der Waals surface area contributed by atoms with Crippen molar-refractivity contribution in [2.45, 2.75) is 24.3 Å². The molecule has 1 aromatic rings. The number of halogens is 1. The Labute approximate surface area is 124 Å². The van der Waals surface area contributed by atoms with Crippen molar-refractivity contribution in [2.75, 3.05) is 23.8 Å². The summed E-state index contributed by atoms with van der Waals surface area (Å²) in [4.78, 5) is 1.24. The number of benzene rings is 1. The summed E-state index contributed by atoms with van der Waals surface area (Å²) in [7, 11) is -2.90. The molecular weight excluding hydrogens is 302 g/mol. The van der Waals surface area contributed by atoms with Crippen molar-refractivity contribution in [2.24, 2.45) is 0 Å². The lowest BCUT2D eigenvalue weighted by atomic mass is 10.0. The van der Waals surface area contributed by atoms with Crippen LogP contribution in [0, 0.1) is 0 Å². The van der Waals surface area contributed by atoms with Gasteiger partial charge in [-0.1, -0.05) is 18.5 Å². The molecular formula is C13H18ClNO2S2. The van der Waals surface area contributed by atoms with E-state index in [1.54, 1.807) is 6.92 Å². The molecule has 0 aromatic heterocycles. The van der Waals surface area contributed by atoms with E-state index in [1.807, 2.05) is 30.0 Å². The van der Waals surface area contributed by atoms with Crippen LogP contribution in [-0.4, -0.2) is 32.2 Å². The smallest absolute Gasteiger partial charge is 0.151 e. The molecule has 106 valence electrons. The van der Waals surface area contributed by atoms with Gasteiger partial charge in [-0.15, -0.1) is 11.8 Å². The third kappa shape index (κ3) is 4.12. The quantitative estimate of drug-likeness (QED) is 0.906. The highest BCUT2D eigenvalue weighted by atomic mass is 35.5. The highest BCUT2D eigenvalue weighted by Gasteiger charge is 2.21. The average molecular weight is 320 g/mol. The predicted octanol–water partition coefficient (Wildman–Crippen LogP) is 2.90. The number of nitrogens with one attached hydrogen (secondary N) is 1. The zero-order chi connectivity index (χ0) is 13.9. The molecule has 0 radical (unpaired) electrons. The van der Waals surface area contributed by atoms with Crippen molar-refractivity contribution in [3.05, 3.63) is 28.8 Å². The molecule has 1 aromatic carbocycles. The molecule has 2 rings (SSSR count). The van der Waals surface area contributed by atoms with Gasteiger partial charge in [0.15, 0.2) is 9.84 Å². The van der Waals surface area contributed by atoms with E-state index < -0.39 is 9.84 Å². The summed E-state index contributed by atoms with van der Waals surface area (Å²) >= 11 is 7.87. The Morgan fingerprint density at radius 1 is 1.47 bits per heavy atom. The van der Waals surface area contributed by atoms with Crippen LogP contribution in [0.1, 0.15) is 24.9 Å². The predicted molar refractivity (Wildman–Crippen MR) is 81.9 cm³/mol. The maximum absolute atomic E-state index is 11.5. The summed E-state index contributed by atoms with van der Waals surface area (Å²) in [6.07, 6.45) is 1.00. The minimum atomic E-state index is -2.90. The molecule has 1 aliphatic rings. The number of sulfone groups is 1. The lowest BCUT2D eigenvalue weighted by Crippen LogP contribution is -2.29. The number of thioether (sulfide) groups is 1. The fraction of sp³-hybridized carbons (Fsp3) is 0.538. The van der Waals surface area contributed by atoms with Crippen molar-refractivity contribution in [3.8, 4) is 0 Å². The zero-order valence-electron chi connectivity index (χ0n) is 10.9. The van der Waals surface area contributed by atoms with Crippen molar-refractivity contribution >= 4 is 33.2 Å². The van der Waals surface area contributed by atoms with E-state index in [4.69, 9.17) is 11.6 Å². The van der Waals surface area contributed by atoms with E-state index in [-0.39, 0.29) is 17.5 Å². The summed E-state index contributed by atoms with van der Waals surface area (Å²) in [5.41, 5.74) is 1.19. The normalized spacial score (nSPS) is 19.2. The van der Waals surface area contributed by atoms with Crippen LogP contribution in [0.5, 0.6) is 0 Å². The first-order valence-corrected chi connectivity index (χ1v) is 9.56. The van der Waals surface area contributed by atoms with Crippen LogP contribution in [0.15, 0.2) is 23.1 Å². The number of fused-ring (bicyclic) bond motifs is 1. The molecule has 0 amide bonds. The van der Waals surface area contributed by atoms with Gasteiger partial charge in [-0.25, -0.2) is 8.42 Å². The van der Waals surface area contributed by atoms with Gasteiger partial charge < -0.3 is 5.32 Å². The van der Waals surface area contributed by atoms with Gasteiger partial charge >= 0.3 is 0 Å². The Balaban J connectivity index is 2.02. The molecule has 0 fully saturated rings. The van der Waals surface area contributed by atoms with Gasteiger partial charge in [-0.05, 0) is 35.9 Å². The SMILES string of the molecule is CCS(=O)(=O)CCNC1CCSc2ccc(Cl)cc21. The number of rotatable bonds is 5. The minimum absolute atomic E-state index is 0.197. The second kappa shape index (κ2) is 6.48. The zero-order valence-corrected chi connectivity index (χ0v) is 13.2. The summed E-state index contributed by atoms with van der Waals surface area (Å²) < 4.78 is 23.0. The van der Waals surface area contributed by atoms with Crippen LogP contribution >= 0.6 is 23.4 Å². The van der Waals surface area contributed by atoms with Crippen molar-refractivity contribution in [1.29, 1.82) is 0 Å². The Kier molecular flexibility index (Phi) is 5.17. The molecule has 0 saturated heterocycles. The summed E-state index contributed by atoms with van der Waals surface area (Å²) in [6.45, 7) is 2.18. The van der Waals surface area contributed by atoms with E-state index in [0.29, 0.717) is 6.54 Å². The topological polar surface area (TPSA) is 46.2 Å². The lowest BCUT2D eigenvalue weighted by molar-refractivity contribution is 0.523. The first kappa shape index (κ1) is 15.2. The van der Waals surface area contributed by atoms with Gasteiger partial charge in [0.25, 0.3) is 0 Å². The molecule has 1 N–H and O–H groups in total. The summed E-state index contributed by atoms with van der Waals surface area (Å²) in [6, 6.07) is 6.13. The van der Waals surface area contributed by atoms with E-state index >= 15 is 0 Å². The molecule has 19 heavy (non-hydrogen) atoms. The molecule has 1 atom stereocenters. The monoisotopic (exact) mass is 319 g/mol. The van der Waals surface area contributed by atoms with Crippen LogP contribution in [0.3, 0.4) is 0 Å². The van der Waals surface area contributed by atoms with Gasteiger partial charge in [-0.3, -0.25) is 0 Å². The molecule has 0 bridgehead atoms. The van der Waals surface area contributed by atoms with Crippen LogP contribution in [0.2, 0.25) is 5.02 Å². The van der Waals surface area contributed by atoms with E-state index in [2.05, 4.69) is 5.32 Å². The second-order valence-electron chi connectivity index (χ2n) is 4.56. The van der Waals surface area contributed by atoms with Gasteiger partial charge in [-0.2, -0.15) is 0 Å². The average Bonchev–Trinajstić information content (AvgIpc) is 2.39. The summed E-state index contributed by atoms with van der Waals surface area (Å²) in [5, 5.41) is 4.08. The van der Waals surface area contributed by atoms with Gasteiger partial charge in [0.2, 0.25) is 0 Å². The molecule has 0 aliphatic carbocycles. The van der Waals surface area contributed by atoms with Crippen LogP contribution in [0.4, 0.5) is 0 Å². The molecule has 1 heterocycles. The minimum Gasteiger partial charge on any atom is -0.309 e. The summed E-state index contributed by atoms with van der Waals surface area (Å²) in [5.74, 6) is 1.45. The number of hydrogen-bond donors (Lipinski definition) is 1. The van der Waals surface area contributed by atoms with Crippen molar-refractivity contribution in [1.82, 2.24) is 5.32 Å². The fourth-order valence-corrected chi connectivity index (χ4v) is 4.11. The fourth-order valence-electron chi connectivity index (χ4n) is 2.11. The maximum atomic E-state index is 11.5. The van der Waals surface area contributed by atoms with Gasteiger partial charge in [0.1, 0.15) is 0 Å². The van der Waals surface area contributed by atoms with Crippen LogP contribution < -0.4 is 5.32 Å². The second-order valence-corrected chi connectivity index (χ2v) is 8.61. The van der Waals surface area contributed by atoms with Gasteiger partial charge in [0, 0.05) is 28.3 Å². The van der Waals surface area contributed by atoms with Crippen molar-refractivity contribution < 1.29 is 8.42 Å². The molecule has 3 nitrogen and oxygen atoms in total. The molecule has 0 spiro atoms. The lowest BCUT2D eigenvalue weighted by Gasteiger charge is -2.26. The van der Waals surface area contributed by atoms with Crippen molar-refractivity contribution in [3.63, 3.8) is 0 Å². The Morgan fingerprint density at radius 3 is 3.00 bits per heavy atom. The molecule has 1 aliphatic heterocycles. The Hall–Kier alpha value is -0.230. The third-order valence-corrected chi connectivity index (χ3v) is 6.32. The maximum Gasteiger partial charge on any atom is 0.151 e. The standard InChI is InChI=1S/C13H18ClNO2S2/c1-2-19(16,17)8-6-15-12-5-7-18-13-4-3-10(14)9-11(12)13/h3-4,9,12,15H,2,5-8H2,1H3. The highest BCUT2D eigenvalue weighted by molar-refractivity contribution is 7.99. The first-order chi connectivity index (χ1) is 9.02. The van der Waals surface area contributed by atoms with Crippen LogP contribution in [-0.2, 0) is 9.84 Å². The van der Waals surface area contributed by atoms with E-state index in [1.165, 1.54) is 10.5 Å². The third-order valence-electron chi connectivity index (χ3n) is 3.25. The Morgan fingerprint density at radius 2 is 2.26 bits per heavy atom. The largest absolute Gasteiger partial charge is 0.309 e. The Bertz CT molecular complexity index is 546. The van der Waals surface area contributed by atoms with E-state index in [0.717, 1.165) is 17.2 Å². The number of hydrogen-bond acceptors (Lipinski definition) is 4. The highest BCUT2D eigenvalue weighted by Crippen LogP contribution is 2.37.